The highest BCUT2D eigenvalue weighted by Gasteiger charge is 2.45. The average Bonchev–Trinajstić information content (AvgIpc) is 2.59. The van der Waals surface area contributed by atoms with E-state index >= 15 is 0 Å². The van der Waals surface area contributed by atoms with E-state index in [1.165, 1.54) is 0 Å². The Morgan fingerprint density at radius 2 is 1.30 bits per heavy atom. The summed E-state index contributed by atoms with van der Waals surface area (Å²) in [5.41, 5.74) is 1.38. The molecule has 0 radical (unpaired) electrons. The Balaban J connectivity index is 0.00000364. The van der Waals surface area contributed by atoms with Crippen LogP contribution in [-0.4, -0.2) is 43.6 Å². The second kappa shape index (κ2) is 9.52. The molecule has 3 nitrogen and oxygen atoms in total. The molecule has 1 atom stereocenters. The lowest BCUT2D eigenvalue weighted by atomic mass is 9.69. The van der Waals surface area contributed by atoms with Gasteiger partial charge in [0.2, 0.25) is 5.91 Å². The molecule has 0 bridgehead atoms. The minimum Gasteiger partial charge on any atom is -1.00 e. The molecule has 0 aliphatic heterocycles. The number of nitrogens with one attached hydrogen (secondary N) is 1. The Morgan fingerprint density at radius 1 is 0.889 bits per heavy atom. The minimum absolute atomic E-state index is 0. The molecule has 0 spiro atoms. The highest BCUT2D eigenvalue weighted by atomic mass is 79.9. The average molecular weight is 433 g/mol. The largest absolute Gasteiger partial charge is 1.00 e. The van der Waals surface area contributed by atoms with Gasteiger partial charge < -0.3 is 26.8 Å². The predicted molar refractivity (Wildman–Crippen MR) is 109 cm³/mol. The van der Waals surface area contributed by atoms with Crippen molar-refractivity contribution in [1.29, 1.82) is 0 Å². The molecule has 0 heterocycles. The Labute approximate surface area is 175 Å². The molecule has 0 saturated carbocycles. The molecule has 1 unspecified atom stereocenters. The zero-order valence-corrected chi connectivity index (χ0v) is 19.0. The molecule has 0 fully saturated rings. The maximum Gasteiger partial charge on any atom is 0.235 e. The lowest BCUT2D eigenvalue weighted by Gasteiger charge is -2.40. The SMILES string of the molecule is CC(C)NC(=O)C(CC(C)[N+](C)(C)C)(c1ccccc1)c1ccccc1.[Br-]. The molecule has 2 aromatic rings. The zero-order valence-electron chi connectivity index (χ0n) is 17.4. The second-order valence-electron chi connectivity index (χ2n) is 8.43. The summed E-state index contributed by atoms with van der Waals surface area (Å²) < 4.78 is 0.802. The van der Waals surface area contributed by atoms with Gasteiger partial charge in [0.05, 0.1) is 27.2 Å². The molecule has 27 heavy (non-hydrogen) atoms. The number of hydrogen-bond acceptors (Lipinski definition) is 1. The van der Waals surface area contributed by atoms with E-state index in [0.717, 1.165) is 22.0 Å². The first-order valence-electron chi connectivity index (χ1n) is 9.41. The fraction of sp³-hybridized carbons (Fsp3) is 0.435. The van der Waals surface area contributed by atoms with Crippen molar-refractivity contribution in [3.8, 4) is 0 Å². The summed E-state index contributed by atoms with van der Waals surface area (Å²) in [6, 6.07) is 20.8. The number of nitrogens with zero attached hydrogens (tertiary/aromatic N) is 1. The molecule has 1 amide bonds. The summed E-state index contributed by atoms with van der Waals surface area (Å²) in [4.78, 5) is 13.6. The van der Waals surface area contributed by atoms with Crippen LogP contribution in [0.25, 0.3) is 0 Å². The van der Waals surface area contributed by atoms with Gasteiger partial charge in [-0.3, -0.25) is 4.79 Å². The van der Waals surface area contributed by atoms with Crippen LogP contribution in [0.3, 0.4) is 0 Å². The molecule has 1 N–H and O–H groups in total. The highest BCUT2D eigenvalue weighted by Crippen LogP contribution is 2.38. The third-order valence-corrected chi connectivity index (χ3v) is 5.26. The lowest BCUT2D eigenvalue weighted by molar-refractivity contribution is -0.894. The molecular formula is C23H33BrN2O. The van der Waals surface area contributed by atoms with Crippen molar-refractivity contribution in [3.05, 3.63) is 71.8 Å². The topological polar surface area (TPSA) is 29.1 Å². The molecule has 4 heteroatoms. The number of rotatable bonds is 7. The minimum atomic E-state index is -0.711. The van der Waals surface area contributed by atoms with Gasteiger partial charge in [0.1, 0.15) is 5.41 Å². The van der Waals surface area contributed by atoms with E-state index < -0.39 is 5.41 Å². The lowest BCUT2D eigenvalue weighted by Crippen LogP contribution is -3.00. The van der Waals surface area contributed by atoms with Gasteiger partial charge in [0.25, 0.3) is 0 Å². The molecule has 0 aliphatic carbocycles. The van der Waals surface area contributed by atoms with Gasteiger partial charge in [0, 0.05) is 12.5 Å². The van der Waals surface area contributed by atoms with Crippen molar-refractivity contribution in [3.63, 3.8) is 0 Å². The van der Waals surface area contributed by atoms with Crippen molar-refractivity contribution in [2.45, 2.75) is 44.7 Å². The summed E-state index contributed by atoms with van der Waals surface area (Å²) in [6.45, 7) is 6.26. The standard InChI is InChI=1S/C23H32N2O.BrH/c1-18(2)24-22(26)23(17-19(3)25(4,5)6,20-13-9-7-10-14-20)21-15-11-8-12-16-21;/h7-16,18-19H,17H2,1-6H3;1H. The molecule has 2 rings (SSSR count). The van der Waals surface area contributed by atoms with Gasteiger partial charge in [-0.2, -0.15) is 0 Å². The number of carbonyl (C=O) groups is 1. The van der Waals surface area contributed by atoms with Crippen LogP contribution >= 0.6 is 0 Å². The molecule has 148 valence electrons. The first kappa shape index (κ1) is 23.4. The maximum absolute atomic E-state index is 13.6. The number of hydrogen-bond donors (Lipinski definition) is 1. The van der Waals surface area contributed by atoms with Gasteiger partial charge in [0.15, 0.2) is 0 Å². The third-order valence-electron chi connectivity index (χ3n) is 5.26. The van der Waals surface area contributed by atoms with Crippen molar-refractivity contribution >= 4 is 5.91 Å². The zero-order chi connectivity index (χ0) is 19.4. The monoisotopic (exact) mass is 432 g/mol. The Kier molecular flexibility index (Phi) is 8.24. The van der Waals surface area contributed by atoms with Gasteiger partial charge in [-0.15, -0.1) is 0 Å². The van der Waals surface area contributed by atoms with Crippen molar-refractivity contribution < 1.29 is 26.3 Å². The van der Waals surface area contributed by atoms with E-state index in [9.17, 15) is 4.79 Å². The van der Waals surface area contributed by atoms with Crippen LogP contribution in [-0.2, 0) is 10.2 Å². The summed E-state index contributed by atoms with van der Waals surface area (Å²) in [5.74, 6) is 0.0743. The maximum atomic E-state index is 13.6. The number of amides is 1. The molecule has 0 aromatic heterocycles. The molecule has 0 aliphatic rings. The number of benzene rings is 2. The first-order chi connectivity index (χ1) is 12.2. The van der Waals surface area contributed by atoms with E-state index in [0.29, 0.717) is 6.04 Å². The number of carbonyl (C=O) groups excluding carboxylic acids is 1. The highest BCUT2D eigenvalue weighted by molar-refractivity contribution is 5.92. The van der Waals surface area contributed by atoms with Crippen LogP contribution < -0.4 is 22.3 Å². The quantitative estimate of drug-likeness (QED) is 0.649. The van der Waals surface area contributed by atoms with Crippen molar-refractivity contribution in [2.24, 2.45) is 0 Å². The van der Waals surface area contributed by atoms with Gasteiger partial charge in [-0.05, 0) is 31.9 Å². The van der Waals surface area contributed by atoms with E-state index in [-0.39, 0.29) is 28.9 Å². The smallest absolute Gasteiger partial charge is 0.235 e. The van der Waals surface area contributed by atoms with Gasteiger partial charge in [-0.1, -0.05) is 60.7 Å². The normalized spacial score (nSPS) is 13.0. The van der Waals surface area contributed by atoms with Crippen LogP contribution in [0.2, 0.25) is 0 Å². The molecular weight excluding hydrogens is 400 g/mol. The fourth-order valence-electron chi connectivity index (χ4n) is 3.30. The summed E-state index contributed by atoms with van der Waals surface area (Å²) in [7, 11) is 6.56. The summed E-state index contributed by atoms with van der Waals surface area (Å²) in [6.07, 6.45) is 0.739. The van der Waals surface area contributed by atoms with Crippen LogP contribution in [0.1, 0.15) is 38.3 Å². The van der Waals surface area contributed by atoms with Gasteiger partial charge in [-0.25, -0.2) is 0 Å². The van der Waals surface area contributed by atoms with Crippen LogP contribution in [0.15, 0.2) is 60.7 Å². The van der Waals surface area contributed by atoms with Gasteiger partial charge >= 0.3 is 0 Å². The van der Waals surface area contributed by atoms with E-state index in [2.05, 4.69) is 57.6 Å². The number of halogens is 1. The molecule has 0 saturated heterocycles. The second-order valence-corrected chi connectivity index (χ2v) is 8.43. The Bertz CT molecular complexity index is 669. The summed E-state index contributed by atoms with van der Waals surface area (Å²) >= 11 is 0. The first-order valence-corrected chi connectivity index (χ1v) is 9.41. The Morgan fingerprint density at radius 3 is 1.63 bits per heavy atom. The van der Waals surface area contributed by atoms with E-state index in [1.54, 1.807) is 0 Å². The fourth-order valence-corrected chi connectivity index (χ4v) is 3.30. The van der Waals surface area contributed by atoms with Crippen LogP contribution in [0, 0.1) is 0 Å². The van der Waals surface area contributed by atoms with Crippen LogP contribution in [0.5, 0.6) is 0 Å². The molecule has 2 aromatic carbocycles. The van der Waals surface area contributed by atoms with E-state index in [1.807, 2.05) is 50.2 Å². The van der Waals surface area contributed by atoms with Crippen LogP contribution in [0.4, 0.5) is 0 Å². The predicted octanol–water partition coefficient (Wildman–Crippen LogP) is 0.986. The van der Waals surface area contributed by atoms with Crippen molar-refractivity contribution in [1.82, 2.24) is 5.32 Å². The van der Waals surface area contributed by atoms with Crippen molar-refractivity contribution in [2.75, 3.05) is 21.1 Å². The third kappa shape index (κ3) is 5.43. The Hall–Kier alpha value is -1.65. The number of quaternary nitrogens is 1. The summed E-state index contributed by atoms with van der Waals surface area (Å²) in [5, 5.41) is 3.19. The van der Waals surface area contributed by atoms with E-state index in [4.69, 9.17) is 0 Å².